The second-order valence-corrected chi connectivity index (χ2v) is 7.89. The first-order valence-corrected chi connectivity index (χ1v) is 9.78. The van der Waals surface area contributed by atoms with Gasteiger partial charge < -0.3 is 14.6 Å². The third-order valence-corrected chi connectivity index (χ3v) is 5.95. The fraction of sp³-hybridized carbons (Fsp3) is 0.556. The van der Waals surface area contributed by atoms with Gasteiger partial charge in [0.25, 0.3) is 0 Å². The fourth-order valence-corrected chi connectivity index (χ4v) is 4.35. The highest BCUT2D eigenvalue weighted by atomic mass is 32.1. The van der Waals surface area contributed by atoms with Gasteiger partial charge in [0.15, 0.2) is 0 Å². The molecule has 0 bridgehead atoms. The summed E-state index contributed by atoms with van der Waals surface area (Å²) in [5.74, 6) is 0.738. The number of carbonyl (C=O) groups excluding carboxylic acids is 1. The summed E-state index contributed by atoms with van der Waals surface area (Å²) in [6.07, 6.45) is 5.90. The van der Waals surface area contributed by atoms with Crippen LogP contribution in [-0.2, 0) is 22.6 Å². The number of hydrogen-bond acceptors (Lipinski definition) is 5. The Morgan fingerprint density at radius 3 is 3.08 bits per heavy atom. The third-order valence-electron chi connectivity index (χ3n) is 5.08. The van der Waals surface area contributed by atoms with E-state index < -0.39 is 0 Å². The number of carbonyl (C=O) groups is 1. The number of rotatable bonds is 5. The van der Waals surface area contributed by atoms with Crippen molar-refractivity contribution in [2.45, 2.75) is 32.0 Å². The monoisotopic (exact) mass is 360 g/mol. The van der Waals surface area contributed by atoms with Gasteiger partial charge in [-0.25, -0.2) is 4.98 Å². The Morgan fingerprint density at radius 1 is 1.40 bits per heavy atom. The molecule has 2 aromatic rings. The molecule has 2 aliphatic rings. The lowest BCUT2D eigenvalue weighted by Gasteiger charge is -2.36. The van der Waals surface area contributed by atoms with Crippen LogP contribution in [0.15, 0.2) is 30.0 Å². The van der Waals surface area contributed by atoms with Crippen LogP contribution in [0.3, 0.4) is 0 Å². The molecule has 4 rings (SSSR count). The molecule has 1 saturated heterocycles. The zero-order valence-corrected chi connectivity index (χ0v) is 15.1. The zero-order valence-electron chi connectivity index (χ0n) is 14.3. The number of amides is 1. The van der Waals surface area contributed by atoms with Gasteiger partial charge in [0.05, 0.1) is 18.6 Å². The Kier molecular flexibility index (Phi) is 5.14. The van der Waals surface area contributed by atoms with Crippen molar-refractivity contribution in [2.24, 2.45) is 5.92 Å². The Bertz CT molecular complexity index is 694. The van der Waals surface area contributed by atoms with Crippen molar-refractivity contribution in [2.75, 3.05) is 26.3 Å². The molecule has 7 heteroatoms. The van der Waals surface area contributed by atoms with E-state index in [-0.39, 0.29) is 11.9 Å². The summed E-state index contributed by atoms with van der Waals surface area (Å²) in [4.78, 5) is 20.6. The maximum Gasteiger partial charge on any atom is 0.244 e. The average Bonchev–Trinajstić information content (AvgIpc) is 3.31. The largest absolute Gasteiger partial charge is 0.381 e. The second-order valence-electron chi connectivity index (χ2n) is 6.86. The third kappa shape index (κ3) is 3.94. The van der Waals surface area contributed by atoms with E-state index in [0.717, 1.165) is 51.4 Å². The minimum absolute atomic E-state index is 0.0735. The van der Waals surface area contributed by atoms with E-state index in [9.17, 15) is 4.79 Å². The standard InChI is InChI=1S/C18H24N4O2S/c23-18(20-9-16-2-1-7-25-16)17-12-21(10-14-3-5-24-6-4-14)11-15-8-19-13-22(15)17/h1-2,7-8,13-14,17H,3-6,9-12H2,(H,20,23)/t17-/m0/s1. The highest BCUT2D eigenvalue weighted by molar-refractivity contribution is 7.09. The number of fused-ring (bicyclic) bond motifs is 1. The van der Waals surface area contributed by atoms with E-state index in [1.54, 1.807) is 17.7 Å². The molecule has 1 atom stereocenters. The van der Waals surface area contributed by atoms with E-state index >= 15 is 0 Å². The number of imidazole rings is 1. The van der Waals surface area contributed by atoms with Gasteiger partial charge in [-0.1, -0.05) is 6.07 Å². The molecule has 1 N–H and O–H groups in total. The van der Waals surface area contributed by atoms with Crippen LogP contribution in [0.25, 0.3) is 0 Å². The van der Waals surface area contributed by atoms with Crippen LogP contribution < -0.4 is 5.32 Å². The number of nitrogens with zero attached hydrogens (tertiary/aromatic N) is 3. The minimum atomic E-state index is -0.203. The van der Waals surface area contributed by atoms with Crippen molar-refractivity contribution in [3.63, 3.8) is 0 Å². The highest BCUT2D eigenvalue weighted by Gasteiger charge is 2.31. The summed E-state index contributed by atoms with van der Waals surface area (Å²) in [6, 6.07) is 3.86. The molecule has 0 radical (unpaired) electrons. The lowest BCUT2D eigenvalue weighted by Crippen LogP contribution is -2.46. The smallest absolute Gasteiger partial charge is 0.244 e. The lowest BCUT2D eigenvalue weighted by molar-refractivity contribution is -0.125. The molecule has 0 unspecified atom stereocenters. The van der Waals surface area contributed by atoms with Crippen LogP contribution in [0, 0.1) is 5.92 Å². The summed E-state index contributed by atoms with van der Waals surface area (Å²) in [7, 11) is 0. The number of hydrogen-bond donors (Lipinski definition) is 1. The van der Waals surface area contributed by atoms with E-state index in [4.69, 9.17) is 4.74 Å². The van der Waals surface area contributed by atoms with Gasteiger partial charge in [0.2, 0.25) is 5.91 Å². The molecule has 4 heterocycles. The van der Waals surface area contributed by atoms with Crippen molar-refractivity contribution in [1.29, 1.82) is 0 Å². The van der Waals surface area contributed by atoms with Crippen molar-refractivity contribution in [3.05, 3.63) is 40.6 Å². The predicted molar refractivity (Wildman–Crippen MR) is 96.2 cm³/mol. The maximum atomic E-state index is 12.8. The fourth-order valence-electron chi connectivity index (χ4n) is 3.71. The van der Waals surface area contributed by atoms with Crippen LogP contribution in [-0.4, -0.2) is 46.7 Å². The number of nitrogens with one attached hydrogen (secondary N) is 1. The summed E-state index contributed by atoms with van der Waals surface area (Å²) in [5, 5.41) is 5.12. The highest BCUT2D eigenvalue weighted by Crippen LogP contribution is 2.24. The molecule has 0 aromatic carbocycles. The van der Waals surface area contributed by atoms with Gasteiger partial charge in [0.1, 0.15) is 6.04 Å². The molecule has 1 fully saturated rings. The lowest BCUT2D eigenvalue weighted by atomic mass is 9.98. The molecular weight excluding hydrogens is 336 g/mol. The zero-order chi connectivity index (χ0) is 17.1. The van der Waals surface area contributed by atoms with Gasteiger partial charge in [-0.3, -0.25) is 9.69 Å². The van der Waals surface area contributed by atoms with Gasteiger partial charge in [0, 0.05) is 43.9 Å². The van der Waals surface area contributed by atoms with E-state index in [2.05, 4.69) is 15.2 Å². The minimum Gasteiger partial charge on any atom is -0.381 e. The first-order chi connectivity index (χ1) is 12.3. The molecule has 2 aliphatic heterocycles. The first kappa shape index (κ1) is 16.8. The summed E-state index contributed by atoms with van der Waals surface area (Å²) >= 11 is 1.67. The van der Waals surface area contributed by atoms with Crippen molar-refractivity contribution >= 4 is 17.2 Å². The van der Waals surface area contributed by atoms with Gasteiger partial charge >= 0.3 is 0 Å². The van der Waals surface area contributed by atoms with Crippen LogP contribution >= 0.6 is 11.3 Å². The molecule has 0 saturated carbocycles. The molecule has 0 spiro atoms. The molecule has 6 nitrogen and oxygen atoms in total. The molecule has 2 aromatic heterocycles. The van der Waals surface area contributed by atoms with Gasteiger partial charge in [-0.15, -0.1) is 11.3 Å². The number of thiophene rings is 1. The SMILES string of the molecule is O=C(NCc1cccs1)[C@@H]1CN(CC2CCOCC2)Cc2cncn21. The van der Waals surface area contributed by atoms with E-state index in [0.29, 0.717) is 12.5 Å². The van der Waals surface area contributed by atoms with Gasteiger partial charge in [-0.2, -0.15) is 0 Å². The van der Waals surface area contributed by atoms with E-state index in [1.165, 1.54) is 4.88 Å². The average molecular weight is 360 g/mol. The first-order valence-electron chi connectivity index (χ1n) is 8.90. The van der Waals surface area contributed by atoms with Crippen LogP contribution in [0.5, 0.6) is 0 Å². The predicted octanol–water partition coefficient (Wildman–Crippen LogP) is 2.04. The molecule has 0 aliphatic carbocycles. The molecule has 1 amide bonds. The summed E-state index contributed by atoms with van der Waals surface area (Å²) in [6.45, 7) is 4.96. The van der Waals surface area contributed by atoms with E-state index in [1.807, 2.05) is 28.3 Å². The Hall–Kier alpha value is -1.70. The summed E-state index contributed by atoms with van der Waals surface area (Å²) in [5.41, 5.74) is 1.12. The quantitative estimate of drug-likeness (QED) is 0.887. The maximum absolute atomic E-state index is 12.8. The summed E-state index contributed by atoms with van der Waals surface area (Å²) < 4.78 is 7.50. The van der Waals surface area contributed by atoms with Gasteiger partial charge in [-0.05, 0) is 30.2 Å². The number of ether oxygens (including phenoxy) is 1. The van der Waals surface area contributed by atoms with Crippen LogP contribution in [0.4, 0.5) is 0 Å². The van der Waals surface area contributed by atoms with Crippen molar-refractivity contribution in [1.82, 2.24) is 19.8 Å². The molecular formula is C18H24N4O2S. The Balaban J connectivity index is 1.42. The molecule has 25 heavy (non-hydrogen) atoms. The van der Waals surface area contributed by atoms with Crippen molar-refractivity contribution < 1.29 is 9.53 Å². The Morgan fingerprint density at radius 2 is 2.28 bits per heavy atom. The second kappa shape index (κ2) is 7.68. The van der Waals surface area contributed by atoms with Crippen LogP contribution in [0.2, 0.25) is 0 Å². The van der Waals surface area contributed by atoms with Crippen molar-refractivity contribution in [3.8, 4) is 0 Å². The van der Waals surface area contributed by atoms with Crippen LogP contribution in [0.1, 0.15) is 29.5 Å². The number of aromatic nitrogens is 2. The molecule has 134 valence electrons. The topological polar surface area (TPSA) is 59.4 Å². The normalized spacial score (nSPS) is 21.8. The Labute approximate surface area is 151 Å².